The molecule has 0 saturated carbocycles. The van der Waals surface area contributed by atoms with E-state index in [0.717, 1.165) is 0 Å². The molecule has 1 unspecified atom stereocenters. The Labute approximate surface area is 56.8 Å². The Hall–Kier alpha value is -0.0800. The highest BCUT2D eigenvalue weighted by molar-refractivity contribution is 4.73. The van der Waals surface area contributed by atoms with Gasteiger partial charge in [0, 0.05) is 13.2 Å². The number of rotatable bonds is 4. The van der Waals surface area contributed by atoms with Gasteiger partial charge in [0.05, 0.1) is 5.60 Å². The first-order chi connectivity index (χ1) is 4.06. The molecule has 55 valence electrons. The molecule has 0 aromatic carbocycles. The maximum Gasteiger partial charge on any atom is 0.0642 e. The van der Waals surface area contributed by atoms with Crippen molar-refractivity contribution in [1.29, 1.82) is 0 Å². The number of aliphatic hydroxyl groups is 1. The fourth-order valence-corrected chi connectivity index (χ4v) is 0.436. The van der Waals surface area contributed by atoms with Crippen molar-refractivity contribution in [2.24, 2.45) is 0 Å². The Morgan fingerprint density at radius 3 is 2.56 bits per heavy atom. The van der Waals surface area contributed by atoms with Gasteiger partial charge in [0.2, 0.25) is 0 Å². The summed E-state index contributed by atoms with van der Waals surface area (Å²) in [6.45, 7) is 8.41. The van der Waals surface area contributed by atoms with E-state index in [-0.39, 0.29) is 0 Å². The third-order valence-corrected chi connectivity index (χ3v) is 0.989. The maximum atomic E-state index is 9.05. The van der Waals surface area contributed by atoms with Crippen LogP contribution in [0.25, 0.3) is 0 Å². The average molecular weight is 131 g/mol. The van der Waals surface area contributed by atoms with Gasteiger partial charge in [-0.2, -0.15) is 0 Å². The standard InChI is InChI=1S/C7H15O2/c1-4-9-6-5-7(2,3)8/h8H,2,4-6H2,1,3H3. The zero-order chi connectivity index (χ0) is 7.33. The summed E-state index contributed by atoms with van der Waals surface area (Å²) < 4.78 is 5.01. The van der Waals surface area contributed by atoms with Crippen molar-refractivity contribution in [3.05, 3.63) is 6.92 Å². The molecule has 0 aliphatic rings. The van der Waals surface area contributed by atoms with E-state index < -0.39 is 5.60 Å². The molecule has 0 aromatic rings. The van der Waals surface area contributed by atoms with E-state index in [0.29, 0.717) is 19.6 Å². The second-order valence-corrected chi connectivity index (χ2v) is 2.44. The summed E-state index contributed by atoms with van der Waals surface area (Å²) in [5.41, 5.74) is -0.824. The van der Waals surface area contributed by atoms with Gasteiger partial charge < -0.3 is 9.84 Å². The molecule has 9 heavy (non-hydrogen) atoms. The van der Waals surface area contributed by atoms with Crippen LogP contribution in [-0.2, 0) is 4.74 Å². The van der Waals surface area contributed by atoms with E-state index in [1.54, 1.807) is 6.92 Å². The van der Waals surface area contributed by atoms with Gasteiger partial charge in [0.15, 0.2) is 0 Å². The topological polar surface area (TPSA) is 29.5 Å². The Bertz CT molecular complexity index is 63.8. The molecule has 0 bridgehead atoms. The molecule has 1 radical (unpaired) electrons. The molecule has 0 aromatic heterocycles. The minimum atomic E-state index is -0.824. The largest absolute Gasteiger partial charge is 0.390 e. The molecule has 0 spiro atoms. The lowest BCUT2D eigenvalue weighted by molar-refractivity contribution is 0.0504. The highest BCUT2D eigenvalue weighted by Crippen LogP contribution is 2.05. The lowest BCUT2D eigenvalue weighted by Gasteiger charge is -2.15. The minimum Gasteiger partial charge on any atom is -0.390 e. The fourth-order valence-electron chi connectivity index (χ4n) is 0.436. The van der Waals surface area contributed by atoms with Gasteiger partial charge in [-0.1, -0.05) is 0 Å². The molecule has 0 amide bonds. The molecule has 0 saturated heterocycles. The SMILES string of the molecule is [CH2]C(C)(O)CCOCC. The molecule has 0 rings (SSSR count). The van der Waals surface area contributed by atoms with Crippen molar-refractivity contribution in [1.82, 2.24) is 0 Å². The summed E-state index contributed by atoms with van der Waals surface area (Å²) in [6.07, 6.45) is 0.598. The molecule has 0 aliphatic carbocycles. The second-order valence-electron chi connectivity index (χ2n) is 2.44. The van der Waals surface area contributed by atoms with Gasteiger partial charge in [-0.15, -0.1) is 0 Å². The van der Waals surface area contributed by atoms with Gasteiger partial charge in [0.1, 0.15) is 0 Å². The molecular formula is C7H15O2. The summed E-state index contributed by atoms with van der Waals surface area (Å²) in [5.74, 6) is 0. The van der Waals surface area contributed by atoms with E-state index in [1.165, 1.54) is 0 Å². The fraction of sp³-hybridized carbons (Fsp3) is 0.857. The highest BCUT2D eigenvalue weighted by atomic mass is 16.5. The van der Waals surface area contributed by atoms with Gasteiger partial charge in [-0.05, 0) is 27.2 Å². The minimum absolute atomic E-state index is 0.590. The Morgan fingerprint density at radius 1 is 1.67 bits per heavy atom. The van der Waals surface area contributed by atoms with Gasteiger partial charge in [-0.25, -0.2) is 0 Å². The van der Waals surface area contributed by atoms with Gasteiger partial charge >= 0.3 is 0 Å². The lowest BCUT2D eigenvalue weighted by Crippen LogP contribution is -2.21. The molecule has 0 aliphatic heterocycles. The Kier molecular flexibility index (Phi) is 3.82. The predicted molar refractivity (Wildman–Crippen MR) is 37.1 cm³/mol. The van der Waals surface area contributed by atoms with Crippen LogP contribution < -0.4 is 0 Å². The third kappa shape index (κ3) is 7.92. The smallest absolute Gasteiger partial charge is 0.0642 e. The Balaban J connectivity index is 3.07. The van der Waals surface area contributed by atoms with Gasteiger partial charge in [0.25, 0.3) is 0 Å². The van der Waals surface area contributed by atoms with Gasteiger partial charge in [-0.3, -0.25) is 0 Å². The predicted octanol–water partition coefficient (Wildman–Crippen LogP) is 0.998. The van der Waals surface area contributed by atoms with E-state index in [9.17, 15) is 0 Å². The third-order valence-electron chi connectivity index (χ3n) is 0.989. The van der Waals surface area contributed by atoms with Crippen molar-refractivity contribution in [2.45, 2.75) is 25.9 Å². The van der Waals surface area contributed by atoms with Crippen molar-refractivity contribution in [3.8, 4) is 0 Å². The molecule has 1 N–H and O–H groups in total. The van der Waals surface area contributed by atoms with Crippen LogP contribution in [0.5, 0.6) is 0 Å². The van der Waals surface area contributed by atoms with Crippen LogP contribution in [-0.4, -0.2) is 23.9 Å². The van der Waals surface area contributed by atoms with E-state index in [2.05, 4.69) is 6.92 Å². The van der Waals surface area contributed by atoms with Crippen LogP contribution in [0.4, 0.5) is 0 Å². The lowest BCUT2D eigenvalue weighted by atomic mass is 10.1. The van der Waals surface area contributed by atoms with Crippen LogP contribution in [0.3, 0.4) is 0 Å². The van der Waals surface area contributed by atoms with E-state index in [4.69, 9.17) is 9.84 Å². The summed E-state index contributed by atoms with van der Waals surface area (Å²) >= 11 is 0. The van der Waals surface area contributed by atoms with E-state index in [1.807, 2.05) is 6.92 Å². The zero-order valence-corrected chi connectivity index (χ0v) is 6.18. The van der Waals surface area contributed by atoms with Crippen molar-refractivity contribution < 1.29 is 9.84 Å². The molecule has 0 heterocycles. The van der Waals surface area contributed by atoms with Crippen LogP contribution in [0.1, 0.15) is 20.3 Å². The second kappa shape index (κ2) is 3.85. The van der Waals surface area contributed by atoms with Crippen molar-refractivity contribution >= 4 is 0 Å². The monoisotopic (exact) mass is 131 g/mol. The zero-order valence-electron chi connectivity index (χ0n) is 6.18. The van der Waals surface area contributed by atoms with Crippen LogP contribution >= 0.6 is 0 Å². The van der Waals surface area contributed by atoms with E-state index >= 15 is 0 Å². The first kappa shape index (κ1) is 8.92. The summed E-state index contributed by atoms with van der Waals surface area (Å²) in [4.78, 5) is 0. The highest BCUT2D eigenvalue weighted by Gasteiger charge is 2.10. The number of ether oxygens (including phenoxy) is 1. The van der Waals surface area contributed by atoms with Crippen molar-refractivity contribution in [3.63, 3.8) is 0 Å². The Morgan fingerprint density at radius 2 is 2.22 bits per heavy atom. The summed E-state index contributed by atoms with van der Waals surface area (Å²) in [5, 5.41) is 9.05. The van der Waals surface area contributed by atoms with Crippen molar-refractivity contribution in [2.75, 3.05) is 13.2 Å². The average Bonchev–Trinajstić information content (AvgIpc) is 1.63. The maximum absolute atomic E-state index is 9.05. The summed E-state index contributed by atoms with van der Waals surface area (Å²) in [7, 11) is 0. The molecule has 2 heteroatoms. The van der Waals surface area contributed by atoms with Crippen LogP contribution in [0, 0.1) is 6.92 Å². The quantitative estimate of drug-likeness (QED) is 0.577. The molecular weight excluding hydrogens is 116 g/mol. The first-order valence-corrected chi connectivity index (χ1v) is 3.22. The summed E-state index contributed by atoms with van der Waals surface area (Å²) in [6, 6.07) is 0. The normalized spacial score (nSPS) is 12.0. The number of hydrogen-bond acceptors (Lipinski definition) is 2. The molecule has 0 fully saturated rings. The molecule has 2 nitrogen and oxygen atoms in total. The first-order valence-electron chi connectivity index (χ1n) is 3.22. The number of hydrogen-bond donors (Lipinski definition) is 1. The molecule has 1 atom stereocenters. The van der Waals surface area contributed by atoms with Crippen LogP contribution in [0.15, 0.2) is 0 Å². The van der Waals surface area contributed by atoms with Crippen LogP contribution in [0.2, 0.25) is 0 Å².